The van der Waals surface area contributed by atoms with Gasteiger partial charge in [0.25, 0.3) is 0 Å². The van der Waals surface area contributed by atoms with Gasteiger partial charge in [0.15, 0.2) is 0 Å². The summed E-state index contributed by atoms with van der Waals surface area (Å²) in [5.74, 6) is 0.743. The SMILES string of the molecule is CNc1nc(Cl)nc(NC2(CO)CCOCC2)n1. The molecule has 0 aliphatic carbocycles. The lowest BCUT2D eigenvalue weighted by atomic mass is 9.91. The third kappa shape index (κ3) is 2.98. The molecule has 0 bridgehead atoms. The van der Waals surface area contributed by atoms with E-state index >= 15 is 0 Å². The van der Waals surface area contributed by atoms with Crippen LogP contribution in [0.2, 0.25) is 5.28 Å². The van der Waals surface area contributed by atoms with Crippen molar-refractivity contribution in [3.05, 3.63) is 5.28 Å². The summed E-state index contributed by atoms with van der Waals surface area (Å²) >= 11 is 5.81. The first-order valence-electron chi connectivity index (χ1n) is 5.73. The highest BCUT2D eigenvalue weighted by Crippen LogP contribution is 2.24. The minimum atomic E-state index is -0.450. The van der Waals surface area contributed by atoms with E-state index in [2.05, 4.69) is 25.6 Å². The zero-order valence-corrected chi connectivity index (χ0v) is 10.9. The average molecular weight is 274 g/mol. The van der Waals surface area contributed by atoms with Crippen LogP contribution in [0, 0.1) is 0 Å². The number of halogens is 1. The number of nitrogens with zero attached hydrogens (tertiary/aromatic N) is 3. The predicted octanol–water partition coefficient (Wildman–Crippen LogP) is 0.520. The van der Waals surface area contributed by atoms with Crippen LogP contribution in [0.15, 0.2) is 0 Å². The Labute approximate surface area is 110 Å². The zero-order chi connectivity index (χ0) is 13.0. The van der Waals surface area contributed by atoms with Crippen LogP contribution in [0.25, 0.3) is 0 Å². The summed E-state index contributed by atoms with van der Waals surface area (Å²) in [5.41, 5.74) is -0.450. The number of aliphatic hydroxyl groups excluding tert-OH is 1. The molecule has 1 aliphatic heterocycles. The van der Waals surface area contributed by atoms with Crippen molar-refractivity contribution in [3.63, 3.8) is 0 Å². The maximum Gasteiger partial charge on any atom is 0.229 e. The Morgan fingerprint density at radius 2 is 1.94 bits per heavy atom. The molecule has 1 aliphatic rings. The number of aliphatic hydroxyl groups is 1. The Morgan fingerprint density at radius 1 is 1.28 bits per heavy atom. The summed E-state index contributed by atoms with van der Waals surface area (Å²) in [6, 6.07) is 0. The van der Waals surface area contributed by atoms with Crippen LogP contribution in [0.1, 0.15) is 12.8 Å². The summed E-state index contributed by atoms with van der Waals surface area (Å²) in [4.78, 5) is 12.1. The van der Waals surface area contributed by atoms with E-state index in [4.69, 9.17) is 16.3 Å². The van der Waals surface area contributed by atoms with Crippen molar-refractivity contribution < 1.29 is 9.84 Å². The van der Waals surface area contributed by atoms with Gasteiger partial charge in [-0.1, -0.05) is 0 Å². The third-order valence-corrected chi connectivity index (χ3v) is 3.13. The number of hydrogen-bond acceptors (Lipinski definition) is 7. The molecule has 1 fully saturated rings. The maximum atomic E-state index is 9.56. The van der Waals surface area contributed by atoms with Gasteiger partial charge in [-0.3, -0.25) is 0 Å². The Hall–Kier alpha value is -1.18. The second-order valence-electron chi connectivity index (χ2n) is 4.18. The molecular weight excluding hydrogens is 258 g/mol. The van der Waals surface area contributed by atoms with Crippen molar-refractivity contribution in [2.24, 2.45) is 0 Å². The first-order chi connectivity index (χ1) is 8.67. The standard InChI is InChI=1S/C10H16ClN5O2/c1-12-8-13-7(11)14-9(15-8)16-10(6-17)2-4-18-5-3-10/h17H,2-6H2,1H3,(H2,12,13,14,15,16). The lowest BCUT2D eigenvalue weighted by Crippen LogP contribution is -2.47. The Kier molecular flexibility index (Phi) is 4.15. The monoisotopic (exact) mass is 273 g/mol. The molecule has 0 saturated carbocycles. The fraction of sp³-hybridized carbons (Fsp3) is 0.700. The summed E-state index contributed by atoms with van der Waals surface area (Å²) in [6.45, 7) is 1.20. The lowest BCUT2D eigenvalue weighted by molar-refractivity contribution is 0.0377. The van der Waals surface area contributed by atoms with Gasteiger partial charge in [0.2, 0.25) is 17.2 Å². The van der Waals surface area contributed by atoms with Gasteiger partial charge < -0.3 is 20.5 Å². The van der Waals surface area contributed by atoms with Crippen LogP contribution in [0.4, 0.5) is 11.9 Å². The molecular formula is C10H16ClN5O2. The fourth-order valence-electron chi connectivity index (χ4n) is 1.84. The molecule has 2 heterocycles. The van der Waals surface area contributed by atoms with Crippen LogP contribution < -0.4 is 10.6 Å². The highest BCUT2D eigenvalue weighted by molar-refractivity contribution is 6.28. The van der Waals surface area contributed by atoms with E-state index in [0.717, 1.165) is 0 Å². The van der Waals surface area contributed by atoms with E-state index in [1.165, 1.54) is 0 Å². The lowest BCUT2D eigenvalue weighted by Gasteiger charge is -2.36. The normalized spacial score (nSPS) is 18.4. The fourth-order valence-corrected chi connectivity index (χ4v) is 2.00. The van der Waals surface area contributed by atoms with Crippen molar-refractivity contribution in [3.8, 4) is 0 Å². The van der Waals surface area contributed by atoms with Gasteiger partial charge in [-0.05, 0) is 24.4 Å². The number of hydrogen-bond donors (Lipinski definition) is 3. The van der Waals surface area contributed by atoms with E-state index in [-0.39, 0.29) is 11.9 Å². The second-order valence-corrected chi connectivity index (χ2v) is 4.52. The van der Waals surface area contributed by atoms with Gasteiger partial charge in [0.1, 0.15) is 0 Å². The summed E-state index contributed by atoms with van der Waals surface area (Å²) in [7, 11) is 1.70. The summed E-state index contributed by atoms with van der Waals surface area (Å²) in [5, 5.41) is 15.6. The first-order valence-corrected chi connectivity index (χ1v) is 6.11. The maximum absolute atomic E-state index is 9.56. The molecule has 1 saturated heterocycles. The molecule has 1 aromatic rings. The van der Waals surface area contributed by atoms with Crippen LogP contribution in [0.3, 0.4) is 0 Å². The van der Waals surface area contributed by atoms with Crippen LogP contribution >= 0.6 is 11.6 Å². The van der Waals surface area contributed by atoms with E-state index in [1.54, 1.807) is 7.05 Å². The number of nitrogens with one attached hydrogen (secondary N) is 2. The number of aromatic nitrogens is 3. The van der Waals surface area contributed by atoms with Gasteiger partial charge in [-0.2, -0.15) is 15.0 Å². The number of ether oxygens (including phenoxy) is 1. The first kappa shape index (κ1) is 13.3. The smallest absolute Gasteiger partial charge is 0.229 e. The third-order valence-electron chi connectivity index (χ3n) is 2.96. The average Bonchev–Trinajstić information content (AvgIpc) is 2.39. The molecule has 0 radical (unpaired) electrons. The van der Waals surface area contributed by atoms with E-state index in [1.807, 2.05) is 0 Å². The van der Waals surface area contributed by atoms with Gasteiger partial charge in [0.05, 0.1) is 12.1 Å². The van der Waals surface area contributed by atoms with Crippen LogP contribution in [-0.4, -0.2) is 52.5 Å². The molecule has 2 rings (SSSR count). The highest BCUT2D eigenvalue weighted by atomic mass is 35.5. The quantitative estimate of drug-likeness (QED) is 0.736. The molecule has 0 spiro atoms. The Bertz CT molecular complexity index is 411. The summed E-state index contributed by atoms with van der Waals surface area (Å²) < 4.78 is 5.29. The molecule has 1 aromatic heterocycles. The van der Waals surface area contributed by atoms with Gasteiger partial charge in [-0.15, -0.1) is 0 Å². The number of anilines is 2. The van der Waals surface area contributed by atoms with Crippen molar-refractivity contribution in [1.29, 1.82) is 0 Å². The van der Waals surface area contributed by atoms with E-state index in [9.17, 15) is 5.11 Å². The molecule has 0 atom stereocenters. The van der Waals surface area contributed by atoms with Crippen molar-refractivity contribution in [2.45, 2.75) is 18.4 Å². The number of rotatable bonds is 4. The van der Waals surface area contributed by atoms with Crippen LogP contribution in [-0.2, 0) is 4.74 Å². The summed E-state index contributed by atoms with van der Waals surface area (Å²) in [6.07, 6.45) is 1.39. The van der Waals surface area contributed by atoms with E-state index in [0.29, 0.717) is 38.0 Å². The van der Waals surface area contributed by atoms with Crippen molar-refractivity contribution in [1.82, 2.24) is 15.0 Å². The molecule has 0 unspecified atom stereocenters. The van der Waals surface area contributed by atoms with Crippen molar-refractivity contribution >= 4 is 23.5 Å². The predicted molar refractivity (Wildman–Crippen MR) is 67.9 cm³/mol. The molecule has 3 N–H and O–H groups in total. The molecule has 0 amide bonds. The van der Waals surface area contributed by atoms with Gasteiger partial charge >= 0.3 is 0 Å². The molecule has 0 aromatic carbocycles. The molecule has 100 valence electrons. The largest absolute Gasteiger partial charge is 0.394 e. The van der Waals surface area contributed by atoms with Gasteiger partial charge in [0, 0.05) is 20.3 Å². The molecule has 8 heteroatoms. The molecule has 18 heavy (non-hydrogen) atoms. The Morgan fingerprint density at radius 3 is 2.56 bits per heavy atom. The minimum absolute atomic E-state index is 0.00541. The Balaban J connectivity index is 2.18. The topological polar surface area (TPSA) is 92.2 Å². The molecule has 7 nitrogen and oxygen atoms in total. The zero-order valence-electron chi connectivity index (χ0n) is 10.1. The highest BCUT2D eigenvalue weighted by Gasteiger charge is 2.32. The van der Waals surface area contributed by atoms with Crippen molar-refractivity contribution in [2.75, 3.05) is 37.5 Å². The van der Waals surface area contributed by atoms with Gasteiger partial charge in [-0.25, -0.2) is 0 Å². The second kappa shape index (κ2) is 5.64. The minimum Gasteiger partial charge on any atom is -0.394 e. The van der Waals surface area contributed by atoms with E-state index < -0.39 is 5.54 Å². The van der Waals surface area contributed by atoms with Crippen LogP contribution in [0.5, 0.6) is 0 Å².